The van der Waals surface area contributed by atoms with Gasteiger partial charge in [-0.2, -0.15) is 0 Å². The van der Waals surface area contributed by atoms with Crippen LogP contribution in [-0.2, 0) is 4.79 Å². The first-order chi connectivity index (χ1) is 12.6. The predicted molar refractivity (Wildman–Crippen MR) is 103 cm³/mol. The quantitative estimate of drug-likeness (QED) is 0.727. The topological polar surface area (TPSA) is 78.4 Å². The van der Waals surface area contributed by atoms with E-state index in [0.29, 0.717) is 11.7 Å². The van der Waals surface area contributed by atoms with E-state index >= 15 is 0 Å². The van der Waals surface area contributed by atoms with Crippen LogP contribution in [0, 0.1) is 5.92 Å². The van der Waals surface area contributed by atoms with E-state index in [1.165, 1.54) is 57.7 Å². The Labute approximate surface area is 155 Å². The first kappa shape index (κ1) is 18.8. The maximum Gasteiger partial charge on any atom is 0.331 e. The third-order valence-electron chi connectivity index (χ3n) is 5.56. The van der Waals surface area contributed by atoms with Gasteiger partial charge in [-0.3, -0.25) is 4.98 Å². The molecule has 0 bridgehead atoms. The molecular weight excluding hydrogens is 328 g/mol. The molecule has 1 saturated carbocycles. The van der Waals surface area contributed by atoms with Crippen molar-refractivity contribution in [2.24, 2.45) is 5.92 Å². The molecule has 142 valence electrons. The Bertz CT molecular complexity index is 623. The summed E-state index contributed by atoms with van der Waals surface area (Å²) in [4.78, 5) is 22.1. The zero-order valence-electron chi connectivity index (χ0n) is 15.7. The van der Waals surface area contributed by atoms with E-state index in [1.54, 1.807) is 19.3 Å². The molecule has 0 aromatic carbocycles. The van der Waals surface area contributed by atoms with Gasteiger partial charge in [0, 0.05) is 18.2 Å². The van der Waals surface area contributed by atoms with Gasteiger partial charge in [0.1, 0.15) is 5.82 Å². The van der Waals surface area contributed by atoms with Crippen molar-refractivity contribution < 1.29 is 9.90 Å². The number of carboxylic acid groups (broad SMARTS) is 1. The molecule has 6 nitrogen and oxygen atoms in total. The fraction of sp³-hybridized carbons (Fsp3) is 0.650. The highest BCUT2D eigenvalue weighted by Crippen LogP contribution is 2.28. The first-order valence-electron chi connectivity index (χ1n) is 9.82. The van der Waals surface area contributed by atoms with Crippen LogP contribution in [0.3, 0.4) is 0 Å². The van der Waals surface area contributed by atoms with Gasteiger partial charge in [0.15, 0.2) is 0 Å². The molecule has 1 saturated heterocycles. The molecule has 2 fully saturated rings. The average Bonchev–Trinajstić information content (AvgIpc) is 3.15. The van der Waals surface area contributed by atoms with Crippen LogP contribution in [0.5, 0.6) is 0 Å². The summed E-state index contributed by atoms with van der Waals surface area (Å²) in [7, 11) is 0. The molecular formula is C20H30N4O2. The highest BCUT2D eigenvalue weighted by molar-refractivity contribution is 5.91. The maximum absolute atomic E-state index is 10.9. The number of aromatic nitrogens is 2. The van der Waals surface area contributed by atoms with Crippen molar-refractivity contribution in [1.82, 2.24) is 14.9 Å². The number of hydrogen-bond donors (Lipinski definition) is 2. The summed E-state index contributed by atoms with van der Waals surface area (Å²) in [5, 5.41) is 12.4. The van der Waals surface area contributed by atoms with Gasteiger partial charge in [-0.15, -0.1) is 0 Å². The van der Waals surface area contributed by atoms with E-state index in [1.807, 2.05) is 0 Å². The smallest absolute Gasteiger partial charge is 0.331 e. The molecule has 0 unspecified atom stereocenters. The van der Waals surface area contributed by atoms with Gasteiger partial charge in [-0.25, -0.2) is 9.78 Å². The van der Waals surface area contributed by atoms with Gasteiger partial charge < -0.3 is 15.3 Å². The summed E-state index contributed by atoms with van der Waals surface area (Å²) < 4.78 is 0. The minimum absolute atomic E-state index is 0.255. The molecule has 6 heteroatoms. The van der Waals surface area contributed by atoms with Gasteiger partial charge in [0.05, 0.1) is 18.1 Å². The van der Waals surface area contributed by atoms with Gasteiger partial charge in [-0.05, 0) is 51.3 Å². The summed E-state index contributed by atoms with van der Waals surface area (Å²) in [6, 6.07) is 0.406. The number of nitrogens with zero attached hydrogens (tertiary/aromatic N) is 3. The molecule has 1 aromatic rings. The average molecular weight is 358 g/mol. The summed E-state index contributed by atoms with van der Waals surface area (Å²) in [5.74, 6) is 0.774. The molecule has 0 spiro atoms. The fourth-order valence-electron chi connectivity index (χ4n) is 4.02. The SMILES string of the molecule is CC(=Cc1cnc(N[C@@H]2CCCN(CCC3CCCC3)C2)cn1)C(=O)O. The van der Waals surface area contributed by atoms with Crippen molar-refractivity contribution >= 4 is 17.9 Å². The molecule has 0 radical (unpaired) electrons. The lowest BCUT2D eigenvalue weighted by Crippen LogP contribution is -2.42. The largest absolute Gasteiger partial charge is 0.478 e. The van der Waals surface area contributed by atoms with Gasteiger partial charge in [0.2, 0.25) is 0 Å². The Kier molecular flexibility index (Phi) is 6.61. The lowest BCUT2D eigenvalue weighted by molar-refractivity contribution is -0.132. The second-order valence-corrected chi connectivity index (χ2v) is 7.68. The molecule has 2 N–H and O–H groups in total. The van der Waals surface area contributed by atoms with Crippen molar-refractivity contribution in [3.05, 3.63) is 23.7 Å². The third-order valence-corrected chi connectivity index (χ3v) is 5.56. The molecule has 1 aromatic heterocycles. The number of nitrogens with one attached hydrogen (secondary N) is 1. The van der Waals surface area contributed by atoms with Crippen LogP contribution in [-0.4, -0.2) is 51.6 Å². The molecule has 1 aliphatic heterocycles. The lowest BCUT2D eigenvalue weighted by Gasteiger charge is -2.33. The predicted octanol–water partition coefficient (Wildman–Crippen LogP) is 3.42. The van der Waals surface area contributed by atoms with Crippen molar-refractivity contribution in [3.63, 3.8) is 0 Å². The highest BCUT2D eigenvalue weighted by Gasteiger charge is 2.22. The molecule has 3 rings (SSSR count). The normalized spacial score (nSPS) is 22.5. The number of anilines is 1. The monoisotopic (exact) mass is 358 g/mol. The van der Waals surface area contributed by atoms with Crippen LogP contribution in [0.2, 0.25) is 0 Å². The summed E-state index contributed by atoms with van der Waals surface area (Å²) in [6.07, 6.45) is 14.3. The van der Waals surface area contributed by atoms with Gasteiger partial charge >= 0.3 is 5.97 Å². The Morgan fingerprint density at radius 3 is 2.77 bits per heavy atom. The Balaban J connectivity index is 1.48. The van der Waals surface area contributed by atoms with Crippen LogP contribution in [0.4, 0.5) is 5.82 Å². The van der Waals surface area contributed by atoms with E-state index in [9.17, 15) is 4.79 Å². The van der Waals surface area contributed by atoms with E-state index in [4.69, 9.17) is 5.11 Å². The molecule has 0 amide bonds. The van der Waals surface area contributed by atoms with E-state index in [2.05, 4.69) is 20.2 Å². The van der Waals surface area contributed by atoms with Crippen LogP contribution >= 0.6 is 0 Å². The molecule has 2 aliphatic rings. The Morgan fingerprint density at radius 1 is 1.27 bits per heavy atom. The zero-order chi connectivity index (χ0) is 18.4. The van der Waals surface area contributed by atoms with Crippen LogP contribution in [0.1, 0.15) is 57.6 Å². The molecule has 2 heterocycles. The van der Waals surface area contributed by atoms with E-state index in [0.717, 1.165) is 24.7 Å². The second kappa shape index (κ2) is 9.12. The van der Waals surface area contributed by atoms with Crippen LogP contribution in [0.15, 0.2) is 18.0 Å². The summed E-state index contributed by atoms with van der Waals surface area (Å²) >= 11 is 0. The zero-order valence-corrected chi connectivity index (χ0v) is 15.7. The number of likely N-dealkylation sites (tertiary alicyclic amines) is 1. The van der Waals surface area contributed by atoms with Crippen LogP contribution in [0.25, 0.3) is 6.08 Å². The third kappa shape index (κ3) is 5.53. The number of rotatable bonds is 7. The molecule has 1 atom stereocenters. The van der Waals surface area contributed by atoms with Crippen molar-refractivity contribution in [2.75, 3.05) is 25.0 Å². The first-order valence-corrected chi connectivity index (χ1v) is 9.82. The number of carboxylic acids is 1. The van der Waals surface area contributed by atoms with E-state index in [-0.39, 0.29) is 5.57 Å². The molecule has 1 aliphatic carbocycles. The number of carbonyl (C=O) groups is 1. The minimum Gasteiger partial charge on any atom is -0.478 e. The maximum atomic E-state index is 10.9. The number of piperidine rings is 1. The summed E-state index contributed by atoms with van der Waals surface area (Å²) in [6.45, 7) is 5.04. The second-order valence-electron chi connectivity index (χ2n) is 7.68. The Morgan fingerprint density at radius 2 is 2.08 bits per heavy atom. The van der Waals surface area contributed by atoms with Crippen molar-refractivity contribution in [3.8, 4) is 0 Å². The van der Waals surface area contributed by atoms with Crippen molar-refractivity contribution in [2.45, 2.75) is 57.9 Å². The van der Waals surface area contributed by atoms with Gasteiger partial charge in [-0.1, -0.05) is 25.7 Å². The Hall–Kier alpha value is -1.95. The van der Waals surface area contributed by atoms with Crippen molar-refractivity contribution in [1.29, 1.82) is 0 Å². The molecule has 26 heavy (non-hydrogen) atoms. The standard InChI is InChI=1S/C20H30N4O2/c1-15(20(25)26)11-18-12-22-19(13-21-18)23-17-7-4-9-24(14-17)10-8-16-5-2-3-6-16/h11-13,16-17H,2-10,14H2,1H3,(H,22,23)(H,25,26)/t17-/m1/s1. The highest BCUT2D eigenvalue weighted by atomic mass is 16.4. The minimum atomic E-state index is -0.936. The lowest BCUT2D eigenvalue weighted by atomic mass is 10.0. The number of aliphatic carboxylic acids is 1. The fourth-order valence-corrected chi connectivity index (χ4v) is 4.02. The summed E-state index contributed by atoms with van der Waals surface area (Å²) in [5.41, 5.74) is 0.822. The van der Waals surface area contributed by atoms with E-state index < -0.39 is 5.97 Å². The number of hydrogen-bond acceptors (Lipinski definition) is 5. The van der Waals surface area contributed by atoms with Gasteiger partial charge in [0.25, 0.3) is 0 Å². The van der Waals surface area contributed by atoms with Crippen LogP contribution < -0.4 is 5.32 Å².